The van der Waals surface area contributed by atoms with Crippen LogP contribution in [0.15, 0.2) is 24.3 Å². The Labute approximate surface area is 125 Å². The molecule has 3 rings (SSSR count). The Bertz CT molecular complexity index is 813. The van der Waals surface area contributed by atoms with E-state index in [1.54, 1.807) is 17.4 Å². The fraction of sp³-hybridized carbons (Fsp3) is 0.200. The first-order valence-corrected chi connectivity index (χ1v) is 7.47. The lowest BCUT2D eigenvalue weighted by Crippen LogP contribution is -2.01. The Balaban J connectivity index is 2.08. The highest BCUT2D eigenvalue weighted by atomic mass is 32.1. The van der Waals surface area contributed by atoms with Crippen LogP contribution >= 0.6 is 11.3 Å². The molecule has 0 aliphatic carbocycles. The van der Waals surface area contributed by atoms with E-state index in [0.717, 1.165) is 27.9 Å². The Morgan fingerprint density at radius 1 is 1.29 bits per heavy atom. The summed E-state index contributed by atoms with van der Waals surface area (Å²) in [5.41, 5.74) is 7.39. The van der Waals surface area contributed by atoms with Gasteiger partial charge in [0.1, 0.15) is 16.5 Å². The summed E-state index contributed by atoms with van der Waals surface area (Å²) in [6.45, 7) is 3.94. The zero-order chi connectivity index (χ0) is 15.0. The maximum atomic E-state index is 13.2. The normalized spacial score (nSPS) is 11.0. The molecule has 2 aromatic heterocycles. The van der Waals surface area contributed by atoms with Crippen LogP contribution in [0, 0.1) is 12.7 Å². The summed E-state index contributed by atoms with van der Waals surface area (Å²) in [6.07, 6.45) is 0.940. The summed E-state index contributed by atoms with van der Waals surface area (Å²) in [5, 5.41) is 4.17. The van der Waals surface area contributed by atoms with E-state index in [1.807, 2.05) is 6.92 Å². The van der Waals surface area contributed by atoms with E-state index < -0.39 is 0 Å². The molecule has 0 bridgehead atoms. The van der Waals surface area contributed by atoms with E-state index in [1.165, 1.54) is 17.0 Å². The quantitative estimate of drug-likeness (QED) is 0.767. The third kappa shape index (κ3) is 2.67. The summed E-state index contributed by atoms with van der Waals surface area (Å²) in [4.78, 5) is 10.6. The van der Waals surface area contributed by atoms with Gasteiger partial charge in [-0.2, -0.15) is 4.98 Å². The first kappa shape index (κ1) is 13.8. The van der Waals surface area contributed by atoms with Gasteiger partial charge in [-0.25, -0.2) is 9.37 Å². The van der Waals surface area contributed by atoms with Crippen LogP contribution in [0.25, 0.3) is 10.2 Å². The van der Waals surface area contributed by atoms with E-state index in [-0.39, 0.29) is 11.8 Å². The number of nitrogens with zero attached hydrogens (tertiary/aromatic N) is 2. The molecule has 0 spiro atoms. The molecule has 0 fully saturated rings. The van der Waals surface area contributed by atoms with Gasteiger partial charge in [0.05, 0.1) is 5.39 Å². The van der Waals surface area contributed by atoms with Crippen molar-refractivity contribution in [3.05, 3.63) is 40.5 Å². The fourth-order valence-corrected chi connectivity index (χ4v) is 3.13. The minimum Gasteiger partial charge on any atom is -0.368 e. The third-order valence-corrected chi connectivity index (χ3v) is 4.42. The molecule has 21 heavy (non-hydrogen) atoms. The number of anilines is 3. The predicted octanol–water partition coefficient (Wildman–Crippen LogP) is 4.03. The Hall–Kier alpha value is -2.21. The number of hydrogen-bond acceptors (Lipinski definition) is 5. The molecule has 0 saturated heterocycles. The maximum Gasteiger partial charge on any atom is 0.223 e. The van der Waals surface area contributed by atoms with Crippen molar-refractivity contribution in [3.63, 3.8) is 0 Å². The number of nitrogens with two attached hydrogens (primary N) is 1. The molecule has 2 heterocycles. The molecule has 3 aromatic rings. The number of hydrogen-bond donors (Lipinski definition) is 2. The lowest BCUT2D eigenvalue weighted by atomic mass is 10.2. The molecular formula is C15H15FN4S. The average Bonchev–Trinajstić information content (AvgIpc) is 2.85. The molecule has 0 saturated carbocycles. The molecule has 3 N–H and O–H groups in total. The number of benzene rings is 1. The molecule has 0 radical (unpaired) electrons. The number of fused-ring (bicyclic) bond motifs is 1. The van der Waals surface area contributed by atoms with Gasteiger partial charge in [-0.3, -0.25) is 0 Å². The summed E-state index contributed by atoms with van der Waals surface area (Å²) < 4.78 is 13.2. The van der Waals surface area contributed by atoms with Crippen molar-refractivity contribution < 1.29 is 4.39 Å². The number of nitrogen functional groups attached to an aromatic ring is 1. The zero-order valence-corrected chi connectivity index (χ0v) is 12.6. The minimum absolute atomic E-state index is 0.231. The van der Waals surface area contributed by atoms with Gasteiger partial charge in [-0.1, -0.05) is 6.92 Å². The maximum absolute atomic E-state index is 13.2. The summed E-state index contributed by atoms with van der Waals surface area (Å²) in [7, 11) is 0. The smallest absolute Gasteiger partial charge is 0.223 e. The van der Waals surface area contributed by atoms with E-state index >= 15 is 0 Å². The van der Waals surface area contributed by atoms with Gasteiger partial charge in [0.2, 0.25) is 5.95 Å². The summed E-state index contributed by atoms with van der Waals surface area (Å²) >= 11 is 1.61. The van der Waals surface area contributed by atoms with Crippen LogP contribution in [0.1, 0.15) is 17.4 Å². The van der Waals surface area contributed by atoms with Gasteiger partial charge in [0.15, 0.2) is 0 Å². The SMILES string of the molecule is CCc1cc2c(Nc3ccc(F)cc3C)nc(N)nc2s1. The van der Waals surface area contributed by atoms with Crippen molar-refractivity contribution in [3.8, 4) is 0 Å². The van der Waals surface area contributed by atoms with Crippen LogP contribution in [0.4, 0.5) is 21.8 Å². The summed E-state index contributed by atoms with van der Waals surface area (Å²) in [5.74, 6) is 0.631. The number of rotatable bonds is 3. The molecule has 4 nitrogen and oxygen atoms in total. The fourth-order valence-electron chi connectivity index (χ4n) is 2.15. The molecule has 0 unspecified atom stereocenters. The van der Waals surface area contributed by atoms with Crippen LogP contribution in [0.2, 0.25) is 0 Å². The van der Waals surface area contributed by atoms with E-state index in [0.29, 0.717) is 5.82 Å². The van der Waals surface area contributed by atoms with Crippen molar-refractivity contribution in [2.45, 2.75) is 20.3 Å². The Morgan fingerprint density at radius 2 is 2.10 bits per heavy atom. The van der Waals surface area contributed by atoms with E-state index in [2.05, 4.69) is 28.3 Å². The molecule has 108 valence electrons. The molecule has 0 amide bonds. The number of thiophene rings is 1. The van der Waals surface area contributed by atoms with Crippen molar-refractivity contribution in [2.75, 3.05) is 11.1 Å². The second-order valence-electron chi connectivity index (χ2n) is 4.80. The minimum atomic E-state index is -0.255. The van der Waals surface area contributed by atoms with Crippen LogP contribution in [0.5, 0.6) is 0 Å². The van der Waals surface area contributed by atoms with Gasteiger partial charge < -0.3 is 11.1 Å². The van der Waals surface area contributed by atoms with Crippen LogP contribution in [0.3, 0.4) is 0 Å². The Morgan fingerprint density at radius 3 is 2.81 bits per heavy atom. The second-order valence-corrected chi connectivity index (χ2v) is 5.91. The van der Waals surface area contributed by atoms with Gasteiger partial charge in [0, 0.05) is 10.6 Å². The lowest BCUT2D eigenvalue weighted by Gasteiger charge is -2.10. The molecule has 0 atom stereocenters. The Kier molecular flexibility index (Phi) is 3.47. The first-order chi connectivity index (χ1) is 10.1. The third-order valence-electron chi connectivity index (χ3n) is 3.25. The monoisotopic (exact) mass is 302 g/mol. The van der Waals surface area contributed by atoms with E-state index in [4.69, 9.17) is 5.73 Å². The topological polar surface area (TPSA) is 63.8 Å². The second kappa shape index (κ2) is 5.29. The summed E-state index contributed by atoms with van der Waals surface area (Å²) in [6, 6.07) is 6.67. The van der Waals surface area contributed by atoms with Crippen LogP contribution in [-0.4, -0.2) is 9.97 Å². The van der Waals surface area contributed by atoms with Gasteiger partial charge >= 0.3 is 0 Å². The average molecular weight is 302 g/mol. The highest BCUT2D eigenvalue weighted by molar-refractivity contribution is 7.18. The van der Waals surface area contributed by atoms with Crippen molar-refractivity contribution in [1.29, 1.82) is 0 Å². The number of aryl methyl sites for hydroxylation is 2. The molecule has 6 heteroatoms. The highest BCUT2D eigenvalue weighted by Crippen LogP contribution is 2.32. The standard InChI is InChI=1S/C15H15FN4S/c1-3-10-7-11-13(19-15(17)20-14(11)21-10)18-12-5-4-9(16)6-8(12)2/h4-7H,3H2,1-2H3,(H3,17,18,19,20). The largest absolute Gasteiger partial charge is 0.368 e. The molecule has 0 aliphatic rings. The van der Waals surface area contributed by atoms with Crippen LogP contribution < -0.4 is 11.1 Å². The molecule has 1 aromatic carbocycles. The number of aromatic nitrogens is 2. The highest BCUT2D eigenvalue weighted by Gasteiger charge is 2.11. The molecule has 0 aliphatic heterocycles. The first-order valence-electron chi connectivity index (χ1n) is 6.66. The lowest BCUT2D eigenvalue weighted by molar-refractivity contribution is 0.627. The predicted molar refractivity (Wildman–Crippen MR) is 85.6 cm³/mol. The van der Waals surface area contributed by atoms with Crippen molar-refractivity contribution >= 4 is 39.0 Å². The van der Waals surface area contributed by atoms with Gasteiger partial charge in [-0.15, -0.1) is 11.3 Å². The van der Waals surface area contributed by atoms with Gasteiger partial charge in [0.25, 0.3) is 0 Å². The number of halogens is 1. The van der Waals surface area contributed by atoms with Crippen molar-refractivity contribution in [2.24, 2.45) is 0 Å². The van der Waals surface area contributed by atoms with Crippen LogP contribution in [-0.2, 0) is 6.42 Å². The van der Waals surface area contributed by atoms with Crippen molar-refractivity contribution in [1.82, 2.24) is 9.97 Å². The molecular weight excluding hydrogens is 287 g/mol. The number of nitrogens with one attached hydrogen (secondary N) is 1. The van der Waals surface area contributed by atoms with Gasteiger partial charge in [-0.05, 0) is 43.2 Å². The zero-order valence-electron chi connectivity index (χ0n) is 11.8. The van der Waals surface area contributed by atoms with E-state index in [9.17, 15) is 4.39 Å².